The van der Waals surface area contributed by atoms with Crippen LogP contribution < -0.4 is 0 Å². The number of ether oxygens (including phenoxy) is 1. The van der Waals surface area contributed by atoms with Gasteiger partial charge in [-0.15, -0.1) is 0 Å². The molecule has 0 heterocycles. The molecule has 0 N–H and O–H groups in total. The first kappa shape index (κ1) is 17.1. The molecule has 3 heteroatoms. The van der Waals surface area contributed by atoms with E-state index >= 15 is 0 Å². The summed E-state index contributed by atoms with van der Waals surface area (Å²) in [6.45, 7) is 5.32. The van der Waals surface area contributed by atoms with Crippen LogP contribution in [0.3, 0.4) is 0 Å². The Morgan fingerprint density at radius 3 is 2.00 bits per heavy atom. The highest BCUT2D eigenvalue weighted by Crippen LogP contribution is 2.11. The largest absolute Gasteiger partial charge is 0.404 e. The topological polar surface area (TPSA) is 18.5 Å². The van der Waals surface area contributed by atoms with E-state index in [1.165, 1.54) is 51.4 Å². The summed E-state index contributed by atoms with van der Waals surface area (Å²) in [5, 5.41) is 0. The average Bonchev–Trinajstić information content (AvgIpc) is 2.35. The lowest BCUT2D eigenvalue weighted by atomic mass is 10.1. The Morgan fingerprint density at radius 1 is 0.824 bits per heavy atom. The molecule has 1 unspecified atom stereocenters. The highest BCUT2D eigenvalue weighted by molar-refractivity contribution is 5.98. The summed E-state index contributed by atoms with van der Waals surface area (Å²) in [5.74, 6) is 0. The molecule has 0 aromatic rings. The van der Waals surface area contributed by atoms with Gasteiger partial charge in [0.2, 0.25) is 0 Å². The van der Waals surface area contributed by atoms with Crippen molar-refractivity contribution in [3.8, 4) is 0 Å². The van der Waals surface area contributed by atoms with Gasteiger partial charge in [0.25, 0.3) is 0 Å². The van der Waals surface area contributed by atoms with Gasteiger partial charge < -0.3 is 9.16 Å². The molecule has 1 atom stereocenters. The standard InChI is InChI=1S/C14H32O2Si/c1-3-5-7-8-9-10-11-12-14(16-17)15-13-6-4-2/h14H,3-13H2,1-2,17H3. The van der Waals surface area contributed by atoms with Crippen molar-refractivity contribution in [1.82, 2.24) is 0 Å². The van der Waals surface area contributed by atoms with E-state index in [2.05, 4.69) is 13.8 Å². The van der Waals surface area contributed by atoms with Crippen LogP contribution in [0.25, 0.3) is 0 Å². The maximum atomic E-state index is 5.69. The minimum atomic E-state index is 0.0869. The summed E-state index contributed by atoms with van der Waals surface area (Å²) in [5.41, 5.74) is 0. The van der Waals surface area contributed by atoms with Gasteiger partial charge in [-0.25, -0.2) is 0 Å². The fourth-order valence-electron chi connectivity index (χ4n) is 1.90. The summed E-state index contributed by atoms with van der Waals surface area (Å²) in [6.07, 6.45) is 13.0. The highest BCUT2D eigenvalue weighted by Gasteiger charge is 2.05. The predicted octanol–water partition coefficient (Wildman–Crippen LogP) is 3.57. The second-order valence-corrected chi connectivity index (χ2v) is 5.27. The van der Waals surface area contributed by atoms with Gasteiger partial charge >= 0.3 is 0 Å². The summed E-state index contributed by atoms with van der Waals surface area (Å²) in [6, 6.07) is 0. The zero-order valence-electron chi connectivity index (χ0n) is 12.2. The van der Waals surface area contributed by atoms with Crippen molar-refractivity contribution in [3.05, 3.63) is 0 Å². The number of rotatable bonds is 13. The second-order valence-electron chi connectivity index (χ2n) is 4.80. The summed E-state index contributed by atoms with van der Waals surface area (Å²) < 4.78 is 11.1. The van der Waals surface area contributed by atoms with E-state index in [0.29, 0.717) is 0 Å². The quantitative estimate of drug-likeness (QED) is 0.286. The molecule has 17 heavy (non-hydrogen) atoms. The lowest BCUT2D eigenvalue weighted by molar-refractivity contribution is -0.0828. The molecule has 0 aliphatic heterocycles. The molecule has 0 saturated carbocycles. The van der Waals surface area contributed by atoms with Crippen molar-refractivity contribution in [3.63, 3.8) is 0 Å². The van der Waals surface area contributed by atoms with Gasteiger partial charge in [-0.1, -0.05) is 58.8 Å². The van der Waals surface area contributed by atoms with Crippen LogP contribution in [0.1, 0.15) is 78.1 Å². The molecule has 2 nitrogen and oxygen atoms in total. The van der Waals surface area contributed by atoms with Gasteiger partial charge in [-0.05, 0) is 19.3 Å². The van der Waals surface area contributed by atoms with Crippen LogP contribution in [-0.4, -0.2) is 23.4 Å². The average molecular weight is 260 g/mol. The van der Waals surface area contributed by atoms with Crippen molar-refractivity contribution < 1.29 is 9.16 Å². The maximum Gasteiger partial charge on any atom is 0.149 e. The second kappa shape index (κ2) is 14.2. The van der Waals surface area contributed by atoms with E-state index in [0.717, 1.165) is 29.9 Å². The van der Waals surface area contributed by atoms with Crippen molar-refractivity contribution in [2.75, 3.05) is 6.61 Å². The van der Waals surface area contributed by atoms with Crippen LogP contribution in [0.2, 0.25) is 0 Å². The van der Waals surface area contributed by atoms with Crippen molar-refractivity contribution >= 4 is 10.5 Å². The smallest absolute Gasteiger partial charge is 0.149 e. The van der Waals surface area contributed by atoms with Gasteiger partial charge in [0, 0.05) is 6.61 Å². The number of hydrogen-bond donors (Lipinski definition) is 0. The Hall–Kier alpha value is 0.137. The minimum absolute atomic E-state index is 0.0869. The zero-order chi connectivity index (χ0) is 12.8. The first-order chi connectivity index (χ1) is 8.35. The molecule has 0 bridgehead atoms. The van der Waals surface area contributed by atoms with Gasteiger partial charge in [0.15, 0.2) is 0 Å². The van der Waals surface area contributed by atoms with Crippen molar-refractivity contribution in [2.45, 2.75) is 84.3 Å². The third-order valence-electron chi connectivity index (χ3n) is 3.11. The molecule has 0 aliphatic rings. The van der Waals surface area contributed by atoms with Crippen LogP contribution in [0, 0.1) is 0 Å². The van der Waals surface area contributed by atoms with Crippen LogP contribution in [-0.2, 0) is 9.16 Å². The molecule has 0 aromatic carbocycles. The lowest BCUT2D eigenvalue weighted by Gasteiger charge is -2.16. The Bertz CT molecular complexity index is 142. The summed E-state index contributed by atoms with van der Waals surface area (Å²) in [7, 11) is 0.786. The Labute approximate surface area is 111 Å². The Morgan fingerprint density at radius 2 is 1.41 bits per heavy atom. The van der Waals surface area contributed by atoms with E-state index in [1.54, 1.807) is 0 Å². The zero-order valence-corrected chi connectivity index (χ0v) is 14.2. The fourth-order valence-corrected chi connectivity index (χ4v) is 2.27. The van der Waals surface area contributed by atoms with Crippen molar-refractivity contribution in [1.29, 1.82) is 0 Å². The molecule has 0 saturated heterocycles. The predicted molar refractivity (Wildman–Crippen MR) is 78.3 cm³/mol. The van der Waals surface area contributed by atoms with Gasteiger partial charge in [0.05, 0.1) is 0 Å². The van der Waals surface area contributed by atoms with Gasteiger partial charge in [-0.2, -0.15) is 0 Å². The van der Waals surface area contributed by atoms with E-state index in [4.69, 9.17) is 9.16 Å². The van der Waals surface area contributed by atoms with Crippen LogP contribution >= 0.6 is 0 Å². The molecular weight excluding hydrogens is 228 g/mol. The molecule has 104 valence electrons. The maximum absolute atomic E-state index is 5.69. The molecule has 0 rings (SSSR count). The number of unbranched alkanes of at least 4 members (excludes halogenated alkanes) is 7. The van der Waals surface area contributed by atoms with Crippen LogP contribution in [0.5, 0.6) is 0 Å². The fraction of sp³-hybridized carbons (Fsp3) is 1.00. The first-order valence-corrected chi connectivity index (χ1v) is 8.31. The van der Waals surface area contributed by atoms with Gasteiger partial charge in [-0.3, -0.25) is 0 Å². The minimum Gasteiger partial charge on any atom is -0.404 e. The van der Waals surface area contributed by atoms with E-state index in [-0.39, 0.29) is 6.29 Å². The molecule has 0 spiro atoms. The Kier molecular flexibility index (Phi) is 14.3. The SMILES string of the molecule is CCCCCCCCCC(O[SiH3])OCCCC. The molecule has 0 aliphatic carbocycles. The third-order valence-corrected chi connectivity index (χ3v) is 3.63. The van der Waals surface area contributed by atoms with Crippen LogP contribution in [0.15, 0.2) is 0 Å². The van der Waals surface area contributed by atoms with E-state index in [1.807, 2.05) is 0 Å². The first-order valence-electron chi connectivity index (χ1n) is 7.49. The van der Waals surface area contributed by atoms with E-state index < -0.39 is 0 Å². The molecular formula is C14H32O2Si. The molecule has 0 radical (unpaired) electrons. The lowest BCUT2D eigenvalue weighted by Crippen LogP contribution is -2.16. The summed E-state index contributed by atoms with van der Waals surface area (Å²) >= 11 is 0. The molecule has 0 fully saturated rings. The van der Waals surface area contributed by atoms with Gasteiger partial charge in [0.1, 0.15) is 16.8 Å². The van der Waals surface area contributed by atoms with E-state index in [9.17, 15) is 0 Å². The summed E-state index contributed by atoms with van der Waals surface area (Å²) in [4.78, 5) is 0. The third kappa shape index (κ3) is 12.4. The Balaban J connectivity index is 3.25. The normalized spacial score (nSPS) is 13.1. The highest BCUT2D eigenvalue weighted by atomic mass is 28.2. The van der Waals surface area contributed by atoms with Crippen molar-refractivity contribution in [2.24, 2.45) is 0 Å². The molecule has 0 amide bonds. The number of hydrogen-bond acceptors (Lipinski definition) is 2. The van der Waals surface area contributed by atoms with Crippen LogP contribution in [0.4, 0.5) is 0 Å². The molecule has 0 aromatic heterocycles. The monoisotopic (exact) mass is 260 g/mol.